The Kier molecular flexibility index (Phi) is 6.99. The summed E-state index contributed by atoms with van der Waals surface area (Å²) in [5, 5.41) is 0.664. The molecule has 2 fully saturated rings. The van der Waals surface area contributed by atoms with Crippen LogP contribution in [-0.4, -0.2) is 84.7 Å². The zero-order chi connectivity index (χ0) is 23.7. The van der Waals surface area contributed by atoms with E-state index in [0.717, 1.165) is 30.0 Å². The number of halogens is 2. The average Bonchev–Trinajstić information content (AvgIpc) is 3.17. The first-order chi connectivity index (χ1) is 16.5. The van der Waals surface area contributed by atoms with Gasteiger partial charge in [0.25, 0.3) is 0 Å². The maximum Gasteiger partial charge on any atom is 0.231 e. The monoisotopic (exact) mass is 487 g/mol. The van der Waals surface area contributed by atoms with E-state index in [1.807, 2.05) is 36.1 Å². The van der Waals surface area contributed by atoms with E-state index in [2.05, 4.69) is 19.8 Å². The largest absolute Gasteiger partial charge is 0.379 e. The molecule has 3 atom stereocenters. The molecule has 34 heavy (non-hydrogen) atoms. The Labute approximate surface area is 204 Å². The number of morpholine rings is 1. The molecule has 5 rings (SSSR count). The minimum absolute atomic E-state index is 0.101. The van der Waals surface area contributed by atoms with E-state index in [1.54, 1.807) is 0 Å². The molecule has 182 valence electrons. The van der Waals surface area contributed by atoms with Crippen molar-refractivity contribution in [2.75, 3.05) is 63.9 Å². The highest BCUT2D eigenvalue weighted by molar-refractivity contribution is 6.30. The number of hydrogen-bond donors (Lipinski definition) is 0. The van der Waals surface area contributed by atoms with Crippen LogP contribution >= 0.6 is 11.6 Å². The molecule has 0 N–H and O–H groups in total. The molecule has 2 aromatic rings. The molecule has 3 heterocycles. The first kappa shape index (κ1) is 23.5. The third kappa shape index (κ3) is 4.76. The van der Waals surface area contributed by atoms with Crippen LogP contribution in [0.4, 0.5) is 10.2 Å². The van der Waals surface area contributed by atoms with Crippen molar-refractivity contribution in [1.29, 1.82) is 0 Å². The van der Waals surface area contributed by atoms with Crippen LogP contribution in [0.25, 0.3) is 0 Å². The Morgan fingerprint density at radius 2 is 1.82 bits per heavy atom. The van der Waals surface area contributed by atoms with Gasteiger partial charge in [-0.15, -0.1) is 0 Å². The molecule has 3 aliphatic rings. The van der Waals surface area contributed by atoms with Crippen LogP contribution in [0, 0.1) is 0 Å². The van der Waals surface area contributed by atoms with Crippen LogP contribution in [0.15, 0.2) is 30.6 Å². The van der Waals surface area contributed by atoms with Gasteiger partial charge in [0.05, 0.1) is 24.8 Å². The summed E-state index contributed by atoms with van der Waals surface area (Å²) in [5.41, 5.74) is 2.45. The number of carbonyl (C=O) groups excluding carboxylic acids is 1. The number of aromatic nitrogens is 2. The molecule has 1 aliphatic carbocycles. The highest BCUT2D eigenvalue weighted by Crippen LogP contribution is 2.44. The Hall–Kier alpha value is -2.29. The number of alkyl halides is 1. The third-order valence-corrected chi connectivity index (χ3v) is 7.50. The van der Waals surface area contributed by atoms with Gasteiger partial charge in [-0.25, -0.2) is 14.4 Å². The lowest BCUT2D eigenvalue weighted by Gasteiger charge is -2.39. The van der Waals surface area contributed by atoms with Crippen LogP contribution in [0.2, 0.25) is 5.02 Å². The van der Waals surface area contributed by atoms with Crippen molar-refractivity contribution >= 4 is 23.3 Å². The lowest BCUT2D eigenvalue weighted by molar-refractivity contribution is -0.134. The van der Waals surface area contributed by atoms with Gasteiger partial charge in [-0.1, -0.05) is 30.7 Å². The van der Waals surface area contributed by atoms with Gasteiger partial charge in [0, 0.05) is 56.4 Å². The van der Waals surface area contributed by atoms with Crippen LogP contribution < -0.4 is 4.90 Å². The molecule has 0 saturated carbocycles. The number of piperazine rings is 1. The lowest BCUT2D eigenvalue weighted by atomic mass is 9.96. The number of amides is 1. The summed E-state index contributed by atoms with van der Waals surface area (Å²) in [5.74, 6) is 0.812. The van der Waals surface area contributed by atoms with Crippen LogP contribution in [-0.2, 0) is 9.53 Å². The van der Waals surface area contributed by atoms with Gasteiger partial charge in [0.15, 0.2) is 0 Å². The molecule has 1 amide bonds. The molecule has 2 aliphatic heterocycles. The molecule has 0 radical (unpaired) electrons. The van der Waals surface area contributed by atoms with E-state index in [-0.39, 0.29) is 17.7 Å². The first-order valence-corrected chi connectivity index (χ1v) is 12.5. The number of nitrogens with zero attached hydrogens (tertiary/aromatic N) is 5. The van der Waals surface area contributed by atoms with Crippen LogP contribution in [0.5, 0.6) is 0 Å². The second-order valence-corrected chi connectivity index (χ2v) is 9.87. The van der Waals surface area contributed by atoms with Crippen molar-refractivity contribution in [3.63, 3.8) is 0 Å². The van der Waals surface area contributed by atoms with Gasteiger partial charge in [-0.05, 0) is 30.0 Å². The molecule has 7 nitrogen and oxygen atoms in total. The molecule has 1 unspecified atom stereocenters. The zero-order valence-corrected chi connectivity index (χ0v) is 20.3. The number of ether oxygens (including phenoxy) is 1. The van der Waals surface area contributed by atoms with Gasteiger partial charge in [0.2, 0.25) is 5.91 Å². The maximum atomic E-state index is 14.4. The Balaban J connectivity index is 1.30. The number of carbonyl (C=O) groups is 1. The molecule has 1 aromatic heterocycles. The second kappa shape index (κ2) is 10.1. The smallest absolute Gasteiger partial charge is 0.231 e. The van der Waals surface area contributed by atoms with Gasteiger partial charge in [-0.3, -0.25) is 9.69 Å². The van der Waals surface area contributed by atoms with Crippen LogP contribution in [0.1, 0.15) is 48.2 Å². The predicted octanol–water partition coefficient (Wildman–Crippen LogP) is 3.41. The highest BCUT2D eigenvalue weighted by Gasteiger charge is 2.36. The number of benzene rings is 1. The fraction of sp³-hybridized carbons (Fsp3) is 0.560. The highest BCUT2D eigenvalue weighted by atomic mass is 35.5. The van der Waals surface area contributed by atoms with Crippen LogP contribution in [0.3, 0.4) is 0 Å². The number of hydrogen-bond acceptors (Lipinski definition) is 6. The number of rotatable bonds is 5. The SMILES string of the molecule is C[C@@H]1C[C@@H](F)c2ncnc(N3CCN(C(=O)C(CN4CCOCC4)c4ccc(Cl)cc4)CC3)c21. The first-order valence-electron chi connectivity index (χ1n) is 12.1. The summed E-state index contributed by atoms with van der Waals surface area (Å²) >= 11 is 6.11. The molecular formula is C25H31ClFN5O2. The fourth-order valence-corrected chi connectivity index (χ4v) is 5.46. The van der Waals surface area contributed by atoms with Gasteiger partial charge in [-0.2, -0.15) is 0 Å². The molecule has 9 heteroatoms. The summed E-state index contributed by atoms with van der Waals surface area (Å²) in [4.78, 5) is 28.9. The van der Waals surface area contributed by atoms with Crippen molar-refractivity contribution in [1.82, 2.24) is 19.8 Å². The Morgan fingerprint density at radius 3 is 2.53 bits per heavy atom. The summed E-state index contributed by atoms with van der Waals surface area (Å²) in [6, 6.07) is 7.62. The summed E-state index contributed by atoms with van der Waals surface area (Å²) in [7, 11) is 0. The third-order valence-electron chi connectivity index (χ3n) is 7.25. The van der Waals surface area contributed by atoms with E-state index < -0.39 is 6.17 Å². The average molecular weight is 488 g/mol. The van der Waals surface area contributed by atoms with Crippen molar-refractivity contribution in [3.05, 3.63) is 52.4 Å². The van der Waals surface area contributed by atoms with E-state index in [0.29, 0.717) is 63.1 Å². The molecule has 0 spiro atoms. The van der Waals surface area contributed by atoms with Crippen molar-refractivity contribution in [3.8, 4) is 0 Å². The van der Waals surface area contributed by atoms with E-state index in [1.165, 1.54) is 6.33 Å². The summed E-state index contributed by atoms with van der Waals surface area (Å²) in [6.07, 6.45) is 0.911. The maximum absolute atomic E-state index is 14.4. The number of anilines is 1. The van der Waals surface area contributed by atoms with Crippen molar-refractivity contribution < 1.29 is 13.9 Å². The van der Waals surface area contributed by atoms with Crippen molar-refractivity contribution in [2.24, 2.45) is 0 Å². The number of fused-ring (bicyclic) bond motifs is 1. The lowest BCUT2D eigenvalue weighted by Crippen LogP contribution is -2.52. The fourth-order valence-electron chi connectivity index (χ4n) is 5.34. The van der Waals surface area contributed by atoms with Gasteiger partial charge < -0.3 is 14.5 Å². The molecule has 2 saturated heterocycles. The zero-order valence-electron chi connectivity index (χ0n) is 19.5. The standard InChI is InChI=1S/C25H31ClFN5O2/c1-17-14-21(27)23-22(17)24(29-16-28-23)31-6-8-32(9-7-31)25(33)20(15-30-10-12-34-13-11-30)18-2-4-19(26)5-3-18/h2-5,16-17,20-21H,6-15H2,1H3/t17-,20?,21-/m1/s1. The minimum atomic E-state index is -1.02. The summed E-state index contributed by atoms with van der Waals surface area (Å²) in [6.45, 7) is 8.31. The normalized spacial score (nSPS) is 24.2. The topological polar surface area (TPSA) is 61.8 Å². The molecule has 1 aromatic carbocycles. The Morgan fingerprint density at radius 1 is 1.12 bits per heavy atom. The summed E-state index contributed by atoms with van der Waals surface area (Å²) < 4.78 is 19.9. The van der Waals surface area contributed by atoms with Gasteiger partial charge in [0.1, 0.15) is 18.3 Å². The molecular weight excluding hydrogens is 457 g/mol. The van der Waals surface area contributed by atoms with E-state index in [4.69, 9.17) is 16.3 Å². The van der Waals surface area contributed by atoms with E-state index in [9.17, 15) is 9.18 Å². The molecule has 0 bridgehead atoms. The second-order valence-electron chi connectivity index (χ2n) is 9.43. The van der Waals surface area contributed by atoms with Gasteiger partial charge >= 0.3 is 0 Å². The Bertz CT molecular complexity index is 1010. The predicted molar refractivity (Wildman–Crippen MR) is 129 cm³/mol. The van der Waals surface area contributed by atoms with Crippen molar-refractivity contribution in [2.45, 2.75) is 31.4 Å². The quantitative estimate of drug-likeness (QED) is 0.644. The van der Waals surface area contributed by atoms with E-state index >= 15 is 0 Å². The minimum Gasteiger partial charge on any atom is -0.379 e.